The topological polar surface area (TPSA) is 20.2 Å². The van der Waals surface area contributed by atoms with Crippen LogP contribution in [-0.4, -0.2) is 43.4 Å². The highest BCUT2D eigenvalue weighted by Gasteiger charge is 2.12. The Labute approximate surface area is 70.4 Å². The molecule has 0 saturated heterocycles. The summed E-state index contributed by atoms with van der Waals surface area (Å²) in [6.07, 6.45) is 3.10. The quantitative estimate of drug-likeness (QED) is 0.575. The first-order valence-corrected chi connectivity index (χ1v) is 4.34. The van der Waals surface area contributed by atoms with E-state index in [0.29, 0.717) is 6.61 Å². The van der Waals surface area contributed by atoms with E-state index in [0.717, 1.165) is 23.9 Å². The lowest BCUT2D eigenvalue weighted by Gasteiger charge is -2.29. The lowest BCUT2D eigenvalue weighted by molar-refractivity contribution is -0.890. The van der Waals surface area contributed by atoms with Crippen LogP contribution in [0, 0.1) is 6.92 Å². The SMILES string of the molecule is [CH2]CCC[N+](C)(C)CCCO. The van der Waals surface area contributed by atoms with E-state index < -0.39 is 0 Å². The molecule has 0 aliphatic carbocycles. The van der Waals surface area contributed by atoms with Crippen LogP contribution >= 0.6 is 0 Å². The predicted octanol–water partition coefficient (Wildman–Crippen LogP) is 1.06. The van der Waals surface area contributed by atoms with Crippen molar-refractivity contribution in [2.24, 2.45) is 0 Å². The minimum absolute atomic E-state index is 0.312. The Bertz CT molecular complexity index is 81.6. The first kappa shape index (κ1) is 10.9. The maximum atomic E-state index is 8.63. The van der Waals surface area contributed by atoms with E-state index in [9.17, 15) is 0 Å². The summed E-state index contributed by atoms with van der Waals surface area (Å²) in [5.41, 5.74) is 0. The average molecular weight is 159 g/mol. The molecule has 11 heavy (non-hydrogen) atoms. The molecule has 2 nitrogen and oxygen atoms in total. The van der Waals surface area contributed by atoms with Crippen molar-refractivity contribution >= 4 is 0 Å². The lowest BCUT2D eigenvalue weighted by Crippen LogP contribution is -2.41. The van der Waals surface area contributed by atoms with Gasteiger partial charge in [0.1, 0.15) is 0 Å². The molecule has 0 saturated carbocycles. The third-order valence-corrected chi connectivity index (χ3v) is 1.93. The fraction of sp³-hybridized carbons (Fsp3) is 0.889. The highest BCUT2D eigenvalue weighted by Crippen LogP contribution is 2.02. The van der Waals surface area contributed by atoms with Gasteiger partial charge < -0.3 is 9.59 Å². The summed E-state index contributed by atoms with van der Waals surface area (Å²) in [5.74, 6) is 0. The molecule has 0 fully saturated rings. The Hall–Kier alpha value is -0.0800. The third kappa shape index (κ3) is 6.32. The largest absolute Gasteiger partial charge is 0.396 e. The van der Waals surface area contributed by atoms with Crippen LogP contribution in [0.15, 0.2) is 0 Å². The molecule has 1 radical (unpaired) electrons. The van der Waals surface area contributed by atoms with E-state index in [2.05, 4.69) is 21.0 Å². The zero-order chi connectivity index (χ0) is 8.74. The number of hydrogen-bond acceptors (Lipinski definition) is 1. The van der Waals surface area contributed by atoms with Crippen LogP contribution in [0.4, 0.5) is 0 Å². The van der Waals surface area contributed by atoms with Gasteiger partial charge in [-0.05, 0) is 12.8 Å². The first-order valence-electron chi connectivity index (χ1n) is 4.34. The van der Waals surface area contributed by atoms with E-state index in [1.807, 2.05) is 0 Å². The van der Waals surface area contributed by atoms with Gasteiger partial charge in [-0.2, -0.15) is 0 Å². The molecule has 0 aliphatic rings. The van der Waals surface area contributed by atoms with E-state index in [1.165, 1.54) is 13.0 Å². The number of quaternary nitrogens is 1. The zero-order valence-corrected chi connectivity index (χ0v) is 7.84. The van der Waals surface area contributed by atoms with Crippen molar-refractivity contribution in [3.63, 3.8) is 0 Å². The Morgan fingerprint density at radius 3 is 2.18 bits per heavy atom. The lowest BCUT2D eigenvalue weighted by atomic mass is 10.3. The molecular formula is C9H21NO+. The van der Waals surface area contributed by atoms with Gasteiger partial charge in [0.2, 0.25) is 0 Å². The van der Waals surface area contributed by atoms with Gasteiger partial charge in [0.05, 0.1) is 27.2 Å². The van der Waals surface area contributed by atoms with Crippen molar-refractivity contribution in [1.29, 1.82) is 0 Å². The number of nitrogens with zero attached hydrogens (tertiary/aromatic N) is 1. The van der Waals surface area contributed by atoms with E-state index in [4.69, 9.17) is 5.11 Å². The van der Waals surface area contributed by atoms with Crippen molar-refractivity contribution in [2.75, 3.05) is 33.8 Å². The summed E-state index contributed by atoms with van der Waals surface area (Å²) in [5, 5.41) is 8.63. The fourth-order valence-corrected chi connectivity index (χ4v) is 1.15. The Kier molecular flexibility index (Phi) is 5.51. The Morgan fingerprint density at radius 2 is 1.73 bits per heavy atom. The van der Waals surface area contributed by atoms with E-state index in [-0.39, 0.29) is 0 Å². The second-order valence-electron chi connectivity index (χ2n) is 3.67. The fourth-order valence-electron chi connectivity index (χ4n) is 1.15. The van der Waals surface area contributed by atoms with Crippen LogP contribution in [-0.2, 0) is 0 Å². The second-order valence-corrected chi connectivity index (χ2v) is 3.67. The average Bonchev–Trinajstić information content (AvgIpc) is 1.97. The predicted molar refractivity (Wildman–Crippen MR) is 48.1 cm³/mol. The molecule has 0 bridgehead atoms. The molecule has 0 spiro atoms. The minimum atomic E-state index is 0.312. The smallest absolute Gasteiger partial charge is 0.0804 e. The van der Waals surface area contributed by atoms with Crippen LogP contribution in [0.5, 0.6) is 0 Å². The summed E-state index contributed by atoms with van der Waals surface area (Å²) in [4.78, 5) is 0. The second kappa shape index (κ2) is 5.56. The summed E-state index contributed by atoms with van der Waals surface area (Å²) in [6.45, 7) is 6.36. The van der Waals surface area contributed by atoms with Gasteiger partial charge in [-0.1, -0.05) is 6.92 Å². The van der Waals surface area contributed by atoms with Crippen LogP contribution in [0.2, 0.25) is 0 Å². The molecule has 0 amide bonds. The summed E-state index contributed by atoms with van der Waals surface area (Å²) in [7, 11) is 4.40. The molecule has 0 aromatic rings. The molecule has 0 aromatic carbocycles. The van der Waals surface area contributed by atoms with Gasteiger partial charge >= 0.3 is 0 Å². The van der Waals surface area contributed by atoms with E-state index in [1.54, 1.807) is 0 Å². The molecular weight excluding hydrogens is 138 g/mol. The zero-order valence-electron chi connectivity index (χ0n) is 7.84. The molecule has 2 heteroatoms. The van der Waals surface area contributed by atoms with Crippen LogP contribution < -0.4 is 0 Å². The Balaban J connectivity index is 3.43. The molecule has 67 valence electrons. The summed E-state index contributed by atoms with van der Waals surface area (Å²) in [6, 6.07) is 0. The minimum Gasteiger partial charge on any atom is -0.396 e. The van der Waals surface area contributed by atoms with Gasteiger partial charge in [-0.3, -0.25) is 0 Å². The number of aliphatic hydroxyl groups excluding tert-OH is 1. The molecule has 1 N–H and O–H groups in total. The summed E-state index contributed by atoms with van der Waals surface area (Å²) < 4.78 is 1.01. The first-order chi connectivity index (χ1) is 5.12. The van der Waals surface area contributed by atoms with Crippen molar-refractivity contribution in [3.8, 4) is 0 Å². The van der Waals surface area contributed by atoms with Gasteiger partial charge in [-0.15, -0.1) is 0 Å². The molecule has 0 atom stereocenters. The van der Waals surface area contributed by atoms with Gasteiger partial charge in [0.25, 0.3) is 0 Å². The molecule has 0 unspecified atom stereocenters. The Morgan fingerprint density at radius 1 is 1.18 bits per heavy atom. The van der Waals surface area contributed by atoms with Crippen molar-refractivity contribution < 1.29 is 9.59 Å². The molecule has 0 aliphatic heterocycles. The summed E-state index contributed by atoms with van der Waals surface area (Å²) >= 11 is 0. The number of aliphatic hydroxyl groups is 1. The van der Waals surface area contributed by atoms with Crippen molar-refractivity contribution in [1.82, 2.24) is 0 Å². The standard InChI is InChI=1S/C9H21NO/c1-4-5-7-10(2,3)8-6-9-11/h11H,1,4-9H2,2-3H3/q+1. The maximum Gasteiger partial charge on any atom is 0.0804 e. The number of unbranched alkanes of at least 4 members (excludes halogenated alkanes) is 1. The highest BCUT2D eigenvalue weighted by molar-refractivity contribution is 4.41. The number of rotatable bonds is 6. The number of hydrogen-bond donors (Lipinski definition) is 1. The van der Waals surface area contributed by atoms with Crippen LogP contribution in [0.25, 0.3) is 0 Å². The van der Waals surface area contributed by atoms with Crippen molar-refractivity contribution in [3.05, 3.63) is 6.92 Å². The van der Waals surface area contributed by atoms with Crippen LogP contribution in [0.1, 0.15) is 19.3 Å². The van der Waals surface area contributed by atoms with Crippen molar-refractivity contribution in [2.45, 2.75) is 19.3 Å². The molecule has 0 aromatic heterocycles. The van der Waals surface area contributed by atoms with Gasteiger partial charge in [0, 0.05) is 13.0 Å². The highest BCUT2D eigenvalue weighted by atomic mass is 16.3. The van der Waals surface area contributed by atoms with Gasteiger partial charge in [-0.25, -0.2) is 0 Å². The molecule has 0 heterocycles. The van der Waals surface area contributed by atoms with E-state index >= 15 is 0 Å². The third-order valence-electron chi connectivity index (χ3n) is 1.93. The maximum absolute atomic E-state index is 8.63. The molecule has 0 rings (SSSR count). The van der Waals surface area contributed by atoms with Gasteiger partial charge in [0.15, 0.2) is 0 Å². The monoisotopic (exact) mass is 159 g/mol. The van der Waals surface area contributed by atoms with Crippen LogP contribution in [0.3, 0.4) is 0 Å². The normalized spacial score (nSPS) is 12.0.